The number of benzene rings is 1. The zero-order valence-corrected chi connectivity index (χ0v) is 13.6. The Labute approximate surface area is 143 Å². The van der Waals surface area contributed by atoms with Gasteiger partial charge in [-0.05, 0) is 11.1 Å². The molecule has 0 unspecified atom stereocenters. The Kier molecular flexibility index (Phi) is 4.16. The van der Waals surface area contributed by atoms with Gasteiger partial charge in [0.1, 0.15) is 17.7 Å². The fourth-order valence-corrected chi connectivity index (χ4v) is 3.29. The third-order valence-electron chi connectivity index (χ3n) is 3.56. The molecule has 6 nitrogen and oxygen atoms in total. The Morgan fingerprint density at radius 2 is 1.71 bits per heavy atom. The van der Waals surface area contributed by atoms with Crippen LogP contribution in [0.5, 0.6) is 0 Å². The predicted molar refractivity (Wildman–Crippen MR) is 92.5 cm³/mol. The third-order valence-corrected chi connectivity index (χ3v) is 4.64. The average Bonchev–Trinajstić information content (AvgIpc) is 3.05. The van der Waals surface area contributed by atoms with Crippen LogP contribution in [0.1, 0.15) is 11.1 Å². The molecule has 7 heteroatoms. The summed E-state index contributed by atoms with van der Waals surface area (Å²) in [5, 5.41) is 6.37. The molecular weight excluding hydrogens is 320 g/mol. The van der Waals surface area contributed by atoms with Crippen molar-refractivity contribution in [2.45, 2.75) is 17.3 Å². The van der Waals surface area contributed by atoms with Gasteiger partial charge in [-0.3, -0.25) is 0 Å². The van der Waals surface area contributed by atoms with Gasteiger partial charge in [-0.2, -0.15) is 5.10 Å². The van der Waals surface area contributed by atoms with Crippen LogP contribution in [0.15, 0.2) is 66.6 Å². The van der Waals surface area contributed by atoms with Gasteiger partial charge in [-0.25, -0.2) is 24.6 Å². The molecule has 4 aromatic rings. The fraction of sp³-hybridized carbons (Fsp3) is 0.118. The number of rotatable bonds is 5. The predicted octanol–water partition coefficient (Wildman–Crippen LogP) is 2.96. The fourth-order valence-electron chi connectivity index (χ4n) is 2.41. The summed E-state index contributed by atoms with van der Waals surface area (Å²) in [7, 11) is 0. The smallest absolute Gasteiger partial charge is 0.162 e. The van der Waals surface area contributed by atoms with Gasteiger partial charge in [0, 0.05) is 18.1 Å². The van der Waals surface area contributed by atoms with Crippen molar-refractivity contribution in [3.8, 4) is 0 Å². The molecule has 4 rings (SSSR count). The normalized spacial score (nSPS) is 11.0. The molecule has 0 radical (unpaired) electrons. The first-order valence-corrected chi connectivity index (χ1v) is 8.46. The highest BCUT2D eigenvalue weighted by atomic mass is 32.2. The standard InChI is InChI=1S/C17H14N6S/c1-2-4-13(5-3-1)9-23-16-15(8-22-23)17(21-12-20-16)24-10-14-6-18-11-19-7-14/h1-8,11-12H,9-10H2. The van der Waals surface area contributed by atoms with E-state index in [4.69, 9.17) is 0 Å². The van der Waals surface area contributed by atoms with Gasteiger partial charge in [0.05, 0.1) is 18.1 Å². The number of fused-ring (bicyclic) bond motifs is 1. The molecule has 0 fully saturated rings. The van der Waals surface area contributed by atoms with E-state index in [0.29, 0.717) is 6.54 Å². The first-order valence-electron chi connectivity index (χ1n) is 7.47. The number of aromatic nitrogens is 6. The molecule has 3 heterocycles. The molecule has 0 spiro atoms. The molecule has 0 saturated heterocycles. The van der Waals surface area contributed by atoms with Crippen LogP contribution in [0.4, 0.5) is 0 Å². The second-order valence-electron chi connectivity index (χ2n) is 5.24. The van der Waals surface area contributed by atoms with Gasteiger partial charge in [0.15, 0.2) is 5.65 Å². The van der Waals surface area contributed by atoms with Crippen molar-refractivity contribution in [1.82, 2.24) is 29.7 Å². The van der Waals surface area contributed by atoms with Crippen molar-refractivity contribution in [3.63, 3.8) is 0 Å². The van der Waals surface area contributed by atoms with Crippen LogP contribution in [0.2, 0.25) is 0 Å². The summed E-state index contributed by atoms with van der Waals surface area (Å²) in [5.74, 6) is 0.761. The molecule has 0 amide bonds. The van der Waals surface area contributed by atoms with E-state index in [-0.39, 0.29) is 0 Å². The zero-order valence-electron chi connectivity index (χ0n) is 12.8. The lowest BCUT2D eigenvalue weighted by molar-refractivity contribution is 0.703. The molecule has 0 aliphatic carbocycles. The average molecular weight is 334 g/mol. The maximum absolute atomic E-state index is 4.48. The second kappa shape index (κ2) is 6.76. The van der Waals surface area contributed by atoms with Crippen LogP contribution in [0, 0.1) is 0 Å². The van der Waals surface area contributed by atoms with Gasteiger partial charge in [0.2, 0.25) is 0 Å². The Morgan fingerprint density at radius 3 is 2.54 bits per heavy atom. The Morgan fingerprint density at radius 1 is 0.875 bits per heavy atom. The summed E-state index contributed by atoms with van der Waals surface area (Å²) >= 11 is 1.64. The van der Waals surface area contributed by atoms with E-state index in [2.05, 4.69) is 37.2 Å². The molecule has 0 saturated carbocycles. The van der Waals surface area contributed by atoms with E-state index in [9.17, 15) is 0 Å². The first kappa shape index (κ1) is 14.8. The van der Waals surface area contributed by atoms with Gasteiger partial charge in [-0.1, -0.05) is 30.3 Å². The monoisotopic (exact) mass is 334 g/mol. The van der Waals surface area contributed by atoms with Gasteiger partial charge < -0.3 is 0 Å². The van der Waals surface area contributed by atoms with Crippen molar-refractivity contribution in [3.05, 3.63) is 72.7 Å². The van der Waals surface area contributed by atoms with Crippen LogP contribution in [0.3, 0.4) is 0 Å². The topological polar surface area (TPSA) is 69.4 Å². The molecule has 1 aromatic carbocycles. The lowest BCUT2D eigenvalue weighted by Crippen LogP contribution is -2.02. The highest BCUT2D eigenvalue weighted by Gasteiger charge is 2.10. The van der Waals surface area contributed by atoms with Crippen LogP contribution >= 0.6 is 11.8 Å². The lowest BCUT2D eigenvalue weighted by atomic mass is 10.2. The Balaban J connectivity index is 1.59. The van der Waals surface area contributed by atoms with Crippen LogP contribution in [-0.4, -0.2) is 29.7 Å². The highest BCUT2D eigenvalue weighted by molar-refractivity contribution is 7.98. The molecule has 3 aromatic heterocycles. The van der Waals surface area contributed by atoms with Crippen molar-refractivity contribution in [2.24, 2.45) is 0 Å². The van der Waals surface area contributed by atoms with Crippen molar-refractivity contribution in [1.29, 1.82) is 0 Å². The van der Waals surface area contributed by atoms with E-state index in [1.54, 1.807) is 18.1 Å². The second-order valence-corrected chi connectivity index (χ2v) is 6.20. The minimum absolute atomic E-state index is 0.692. The first-order chi connectivity index (χ1) is 11.9. The minimum Gasteiger partial charge on any atom is -0.245 e. The van der Waals surface area contributed by atoms with E-state index in [1.165, 1.54) is 11.9 Å². The molecular formula is C17H14N6S. The maximum Gasteiger partial charge on any atom is 0.162 e. The van der Waals surface area contributed by atoms with E-state index < -0.39 is 0 Å². The van der Waals surface area contributed by atoms with Gasteiger partial charge in [-0.15, -0.1) is 11.8 Å². The number of hydrogen-bond donors (Lipinski definition) is 0. The van der Waals surface area contributed by atoms with E-state index in [0.717, 1.165) is 27.4 Å². The quantitative estimate of drug-likeness (QED) is 0.413. The molecule has 0 aliphatic heterocycles. The molecule has 0 atom stereocenters. The Bertz CT molecular complexity index is 939. The van der Waals surface area contributed by atoms with Crippen molar-refractivity contribution in [2.75, 3.05) is 0 Å². The molecule has 0 N–H and O–H groups in total. The van der Waals surface area contributed by atoms with Gasteiger partial charge >= 0.3 is 0 Å². The Hall–Kier alpha value is -2.80. The number of hydrogen-bond acceptors (Lipinski definition) is 6. The molecule has 0 bridgehead atoms. The summed E-state index contributed by atoms with van der Waals surface area (Å²) in [5.41, 5.74) is 3.10. The number of thioether (sulfide) groups is 1. The van der Waals surface area contributed by atoms with Crippen molar-refractivity contribution >= 4 is 22.8 Å². The summed E-state index contributed by atoms with van der Waals surface area (Å²) in [6.45, 7) is 0.692. The van der Waals surface area contributed by atoms with E-state index >= 15 is 0 Å². The summed E-state index contributed by atoms with van der Waals surface area (Å²) < 4.78 is 1.90. The largest absolute Gasteiger partial charge is 0.245 e. The number of nitrogens with zero attached hydrogens (tertiary/aromatic N) is 6. The van der Waals surface area contributed by atoms with Gasteiger partial charge in [0.25, 0.3) is 0 Å². The van der Waals surface area contributed by atoms with Crippen LogP contribution < -0.4 is 0 Å². The lowest BCUT2D eigenvalue weighted by Gasteiger charge is -2.04. The third kappa shape index (κ3) is 3.11. The summed E-state index contributed by atoms with van der Waals surface area (Å²) in [6.07, 6.45) is 8.59. The van der Waals surface area contributed by atoms with Crippen molar-refractivity contribution < 1.29 is 0 Å². The minimum atomic E-state index is 0.692. The van der Waals surface area contributed by atoms with Crippen LogP contribution in [-0.2, 0) is 12.3 Å². The van der Waals surface area contributed by atoms with Crippen LogP contribution in [0.25, 0.3) is 11.0 Å². The summed E-state index contributed by atoms with van der Waals surface area (Å²) in [4.78, 5) is 16.9. The molecule has 0 aliphatic rings. The SMILES string of the molecule is c1ccc(Cn2ncc3c(SCc4cncnc4)ncnc32)cc1. The maximum atomic E-state index is 4.48. The highest BCUT2D eigenvalue weighted by Crippen LogP contribution is 2.27. The summed E-state index contributed by atoms with van der Waals surface area (Å²) in [6, 6.07) is 10.2. The van der Waals surface area contributed by atoms with E-state index in [1.807, 2.05) is 41.5 Å². The zero-order chi connectivity index (χ0) is 16.2. The molecule has 24 heavy (non-hydrogen) atoms. The molecule has 118 valence electrons.